The van der Waals surface area contributed by atoms with Gasteiger partial charge < -0.3 is 0 Å². The molecule has 9 heavy (non-hydrogen) atoms. The zero-order chi connectivity index (χ0) is 7.28. The number of terminal acetylenes is 1. The molecule has 1 heteroatoms. The van der Waals surface area contributed by atoms with Crippen LogP contribution in [0.5, 0.6) is 0 Å². The molecule has 0 heterocycles. The maximum absolute atomic E-state index is 5.14. The predicted octanol–water partition coefficient (Wildman–Crippen LogP) is 1.47. The second kappa shape index (κ2) is 4.47. The quantitative estimate of drug-likeness (QED) is 0.533. The van der Waals surface area contributed by atoms with Crippen molar-refractivity contribution in [3.05, 3.63) is 24.3 Å². The average molecular weight is 288 g/mol. The molecule has 0 saturated carbocycles. The predicted molar refractivity (Wildman–Crippen MR) is 37.8 cm³/mol. The van der Waals surface area contributed by atoms with E-state index in [1.54, 1.807) is 6.08 Å². The van der Waals surface area contributed by atoms with Gasteiger partial charge >= 0.3 is 66.8 Å². The molecular weight excluding hydrogens is 280 g/mol. The molecule has 0 atom stereocenters. The first kappa shape index (κ1) is 8.60. The summed E-state index contributed by atoms with van der Waals surface area (Å²) in [6.45, 7) is 5.61. The monoisotopic (exact) mass is 288 g/mol. The topological polar surface area (TPSA) is 0 Å². The third-order valence-corrected chi connectivity index (χ3v) is 1.17. The van der Waals surface area contributed by atoms with E-state index in [0.29, 0.717) is 0 Å². The Morgan fingerprint density at radius 1 is 1.78 bits per heavy atom. The number of rotatable bonds is 2. The van der Waals surface area contributed by atoms with E-state index in [1.807, 2.05) is 13.0 Å². The summed E-state index contributed by atoms with van der Waals surface area (Å²) in [5, 5.41) is 0. The van der Waals surface area contributed by atoms with Crippen molar-refractivity contribution in [2.45, 2.75) is 6.92 Å². The molecule has 0 aromatic carbocycles. The van der Waals surface area contributed by atoms with Gasteiger partial charge in [-0.3, -0.25) is 0 Å². The third kappa shape index (κ3) is 4.12. The van der Waals surface area contributed by atoms with Gasteiger partial charge in [-0.15, -0.1) is 0 Å². The van der Waals surface area contributed by atoms with Crippen molar-refractivity contribution in [2.75, 3.05) is 0 Å². The Morgan fingerprint density at radius 2 is 2.33 bits per heavy atom. The average Bonchev–Trinajstić information content (AvgIpc) is 1.82. The normalized spacial score (nSPS) is 10.0. The molecule has 0 aliphatic rings. The summed E-state index contributed by atoms with van der Waals surface area (Å²) in [7, 11) is 0. The van der Waals surface area contributed by atoms with Crippen LogP contribution in [0, 0.1) is 12.3 Å². The van der Waals surface area contributed by atoms with Gasteiger partial charge in [0.15, 0.2) is 0 Å². The van der Waals surface area contributed by atoms with Crippen LogP contribution in [0.4, 0.5) is 0 Å². The molecule has 0 aliphatic heterocycles. The number of hydrogen-bond acceptors (Lipinski definition) is 0. The zero-order valence-electron chi connectivity index (χ0n) is 5.35. The van der Waals surface area contributed by atoms with Crippen LogP contribution >= 0.6 is 0 Å². The van der Waals surface area contributed by atoms with Crippen LogP contribution in [-0.2, 0) is 19.4 Å². The van der Waals surface area contributed by atoms with Gasteiger partial charge in [-0.1, -0.05) is 0 Å². The van der Waals surface area contributed by atoms with Crippen LogP contribution < -0.4 is 0 Å². The Balaban J connectivity index is 4.30. The van der Waals surface area contributed by atoms with Gasteiger partial charge in [0.2, 0.25) is 0 Å². The molecule has 0 N–H and O–H groups in total. The first-order valence-electron chi connectivity index (χ1n) is 2.52. The minimum absolute atomic E-state index is 0.863. The van der Waals surface area contributed by atoms with Crippen LogP contribution in [0.3, 0.4) is 0 Å². The van der Waals surface area contributed by atoms with Crippen molar-refractivity contribution < 1.29 is 19.4 Å². The molecular formula is C8H8W. The SMILES string of the molecule is C#CC(C=C)=C[C](C)=[W]. The van der Waals surface area contributed by atoms with Gasteiger partial charge in [0.1, 0.15) is 0 Å². The molecule has 0 nitrogen and oxygen atoms in total. The summed E-state index contributed by atoms with van der Waals surface area (Å²) in [4.78, 5) is 0. The van der Waals surface area contributed by atoms with Crippen LogP contribution in [-0.4, -0.2) is 3.90 Å². The summed E-state index contributed by atoms with van der Waals surface area (Å²) < 4.78 is 1.28. The van der Waals surface area contributed by atoms with E-state index in [4.69, 9.17) is 6.42 Å². The molecule has 0 unspecified atom stereocenters. The molecule has 0 rings (SSSR count). The van der Waals surface area contributed by atoms with Crippen molar-refractivity contribution in [1.29, 1.82) is 0 Å². The Morgan fingerprint density at radius 3 is 2.44 bits per heavy atom. The van der Waals surface area contributed by atoms with Crippen molar-refractivity contribution in [3.63, 3.8) is 0 Å². The summed E-state index contributed by atoms with van der Waals surface area (Å²) in [6.07, 6.45) is 8.79. The van der Waals surface area contributed by atoms with Gasteiger partial charge in [0.25, 0.3) is 0 Å². The van der Waals surface area contributed by atoms with Crippen LogP contribution in [0.15, 0.2) is 24.3 Å². The van der Waals surface area contributed by atoms with Gasteiger partial charge in [-0.25, -0.2) is 0 Å². The molecule has 0 saturated heterocycles. The fraction of sp³-hybridized carbons (Fsp3) is 0.125. The first-order valence-corrected chi connectivity index (χ1v) is 3.98. The fourth-order valence-corrected chi connectivity index (χ4v) is 0.835. The van der Waals surface area contributed by atoms with Gasteiger partial charge in [0, 0.05) is 0 Å². The van der Waals surface area contributed by atoms with Gasteiger partial charge in [-0.2, -0.15) is 0 Å². The Hall–Kier alpha value is -0.402. The van der Waals surface area contributed by atoms with Crippen LogP contribution in [0.25, 0.3) is 0 Å². The van der Waals surface area contributed by atoms with E-state index in [2.05, 4.69) is 12.5 Å². The Labute approximate surface area is 67.1 Å². The van der Waals surface area contributed by atoms with Crippen molar-refractivity contribution in [2.24, 2.45) is 0 Å². The molecule has 46 valence electrons. The van der Waals surface area contributed by atoms with E-state index in [1.165, 1.54) is 23.3 Å². The number of allylic oxidation sites excluding steroid dienone is 3. The molecule has 0 radical (unpaired) electrons. The second-order valence-corrected chi connectivity index (χ2v) is 3.87. The fourth-order valence-electron chi connectivity index (χ4n) is 0.379. The van der Waals surface area contributed by atoms with E-state index in [-0.39, 0.29) is 0 Å². The zero-order valence-corrected chi connectivity index (χ0v) is 8.28. The van der Waals surface area contributed by atoms with Crippen molar-refractivity contribution in [1.82, 2.24) is 0 Å². The first-order chi connectivity index (χ1) is 4.20. The minimum atomic E-state index is 0.863. The Kier molecular flexibility index (Phi) is 4.27. The second-order valence-electron chi connectivity index (χ2n) is 1.56. The summed E-state index contributed by atoms with van der Waals surface area (Å²) in [6, 6.07) is 0. The molecule has 0 aliphatic carbocycles. The molecule has 0 amide bonds. The molecule has 0 bridgehead atoms. The summed E-state index contributed by atoms with van der Waals surface area (Å²) in [5.74, 6) is 2.52. The summed E-state index contributed by atoms with van der Waals surface area (Å²) in [5.41, 5.74) is 0.863. The van der Waals surface area contributed by atoms with Gasteiger partial charge in [0.05, 0.1) is 0 Å². The maximum atomic E-state index is 5.14. The molecule has 0 aromatic rings. The van der Waals surface area contributed by atoms with E-state index in [9.17, 15) is 0 Å². The van der Waals surface area contributed by atoms with Crippen molar-refractivity contribution in [3.8, 4) is 12.3 Å². The molecule has 0 fully saturated rings. The van der Waals surface area contributed by atoms with E-state index in [0.717, 1.165) is 5.57 Å². The van der Waals surface area contributed by atoms with Gasteiger partial charge in [-0.05, 0) is 0 Å². The van der Waals surface area contributed by atoms with E-state index >= 15 is 0 Å². The summed E-state index contributed by atoms with van der Waals surface area (Å²) >= 11 is 1.44. The van der Waals surface area contributed by atoms with E-state index < -0.39 is 0 Å². The molecule has 0 aromatic heterocycles. The number of hydrogen-bond donors (Lipinski definition) is 0. The van der Waals surface area contributed by atoms with Crippen LogP contribution in [0.1, 0.15) is 6.92 Å². The van der Waals surface area contributed by atoms with Crippen LogP contribution in [0.2, 0.25) is 0 Å². The standard InChI is InChI=1S/C8H8.W/c1-4-7-8(5-2)6-3;/h2,6-7H,3H2,1H3;. The van der Waals surface area contributed by atoms with Crippen molar-refractivity contribution >= 4 is 3.90 Å². The third-order valence-electron chi connectivity index (χ3n) is 0.745. The Bertz CT molecular complexity index is 191. The molecule has 0 spiro atoms.